The summed E-state index contributed by atoms with van der Waals surface area (Å²) in [6.45, 7) is 2.07. The van der Waals surface area contributed by atoms with Crippen LogP contribution >= 0.6 is 12.2 Å². The second-order valence-electron chi connectivity index (χ2n) is 3.98. The van der Waals surface area contributed by atoms with Crippen LogP contribution in [0.4, 0.5) is 0 Å². The Kier molecular flexibility index (Phi) is 4.44. The molecule has 0 amide bonds. The zero-order valence-corrected chi connectivity index (χ0v) is 10.5. The van der Waals surface area contributed by atoms with Crippen LogP contribution in [-0.4, -0.2) is 34.3 Å². The fraction of sp³-hybridized carbons (Fsp3) is 0.417. The zero-order chi connectivity index (χ0) is 11.9. The van der Waals surface area contributed by atoms with Crippen molar-refractivity contribution in [3.8, 4) is 0 Å². The van der Waals surface area contributed by atoms with Crippen molar-refractivity contribution < 1.29 is 0 Å². The van der Waals surface area contributed by atoms with Gasteiger partial charge in [0.2, 0.25) is 0 Å². The van der Waals surface area contributed by atoms with Crippen molar-refractivity contribution in [1.82, 2.24) is 15.3 Å². The molecule has 0 unspecified atom stereocenters. The van der Waals surface area contributed by atoms with E-state index in [9.17, 15) is 0 Å². The van der Waals surface area contributed by atoms with E-state index in [0.717, 1.165) is 18.8 Å². The molecule has 2 rings (SSSR count). The number of likely N-dealkylation sites (tertiary alicyclic amines) is 1. The first-order valence-electron chi connectivity index (χ1n) is 5.85. The molecule has 1 aliphatic heterocycles. The predicted octanol–water partition coefficient (Wildman–Crippen LogP) is 1.78. The minimum absolute atomic E-state index is 0.705. The summed E-state index contributed by atoms with van der Waals surface area (Å²) in [6.07, 6.45) is 7.15. The van der Waals surface area contributed by atoms with Crippen molar-refractivity contribution in [3.05, 3.63) is 30.1 Å². The van der Waals surface area contributed by atoms with Crippen LogP contribution in [-0.2, 0) is 0 Å². The van der Waals surface area contributed by atoms with Gasteiger partial charge < -0.3 is 4.90 Å². The van der Waals surface area contributed by atoms with Crippen LogP contribution in [0.25, 0.3) is 0 Å². The molecule has 2 heterocycles. The summed E-state index contributed by atoms with van der Waals surface area (Å²) < 4.78 is 0. The lowest BCUT2D eigenvalue weighted by Crippen LogP contribution is -2.40. The normalized spacial score (nSPS) is 16.1. The first-order valence-corrected chi connectivity index (χ1v) is 6.26. The predicted molar refractivity (Wildman–Crippen MR) is 73.0 cm³/mol. The lowest BCUT2D eigenvalue weighted by Gasteiger charge is -2.28. The van der Waals surface area contributed by atoms with Crippen LogP contribution in [0.2, 0.25) is 0 Å². The van der Waals surface area contributed by atoms with E-state index >= 15 is 0 Å². The molecule has 0 atom stereocenters. The van der Waals surface area contributed by atoms with Crippen LogP contribution in [0.5, 0.6) is 0 Å². The zero-order valence-electron chi connectivity index (χ0n) is 9.67. The number of thiocarbonyl (C=S) groups is 1. The van der Waals surface area contributed by atoms with E-state index in [-0.39, 0.29) is 0 Å². The maximum Gasteiger partial charge on any atom is 0.189 e. The Balaban J connectivity index is 1.81. The average Bonchev–Trinajstić information content (AvgIpc) is 2.41. The lowest BCUT2D eigenvalue weighted by atomic mass is 10.1. The Morgan fingerprint density at radius 2 is 2.18 bits per heavy atom. The third-order valence-electron chi connectivity index (χ3n) is 2.69. The molecule has 90 valence electrons. The number of nitrogens with one attached hydrogen (secondary N) is 1. The van der Waals surface area contributed by atoms with Gasteiger partial charge in [-0.15, -0.1) is 0 Å². The van der Waals surface area contributed by atoms with E-state index in [4.69, 9.17) is 12.2 Å². The van der Waals surface area contributed by atoms with Crippen LogP contribution in [0.15, 0.2) is 29.5 Å². The summed E-state index contributed by atoms with van der Waals surface area (Å²) >= 11 is 5.27. The molecular weight excluding hydrogens is 232 g/mol. The molecular formula is C12H16N4S. The summed E-state index contributed by atoms with van der Waals surface area (Å²) in [6, 6.07) is 5.70. The number of pyridine rings is 1. The number of nitrogens with zero attached hydrogens (tertiary/aromatic N) is 3. The first kappa shape index (κ1) is 12.0. The first-order chi connectivity index (χ1) is 8.36. The topological polar surface area (TPSA) is 40.5 Å². The molecule has 0 radical (unpaired) electrons. The van der Waals surface area contributed by atoms with E-state index < -0.39 is 0 Å². The van der Waals surface area contributed by atoms with Crippen molar-refractivity contribution in [2.24, 2.45) is 5.10 Å². The van der Waals surface area contributed by atoms with Gasteiger partial charge in [-0.2, -0.15) is 5.10 Å². The second kappa shape index (κ2) is 6.30. The summed E-state index contributed by atoms with van der Waals surface area (Å²) in [5.74, 6) is 0. The standard InChI is InChI=1S/C12H16N4S/c17-12(16-8-4-1-5-9-16)15-14-10-11-6-2-3-7-13-11/h2-3,6-7,10H,1,4-5,8-9H2,(H,15,17)/b14-10+. The van der Waals surface area contributed by atoms with Crippen molar-refractivity contribution in [1.29, 1.82) is 0 Å². The highest BCUT2D eigenvalue weighted by Gasteiger charge is 2.12. The summed E-state index contributed by atoms with van der Waals surface area (Å²) in [5.41, 5.74) is 3.71. The molecule has 1 aromatic rings. The van der Waals surface area contributed by atoms with Gasteiger partial charge in [0.25, 0.3) is 0 Å². The molecule has 17 heavy (non-hydrogen) atoms. The van der Waals surface area contributed by atoms with Crippen LogP contribution < -0.4 is 5.43 Å². The van der Waals surface area contributed by atoms with Crippen LogP contribution in [0.1, 0.15) is 25.0 Å². The molecule has 4 nitrogen and oxygen atoms in total. The highest BCUT2D eigenvalue weighted by atomic mass is 32.1. The van der Waals surface area contributed by atoms with Gasteiger partial charge in [0.1, 0.15) is 0 Å². The van der Waals surface area contributed by atoms with E-state index in [1.807, 2.05) is 18.2 Å². The van der Waals surface area contributed by atoms with E-state index in [1.165, 1.54) is 19.3 Å². The van der Waals surface area contributed by atoms with Crippen molar-refractivity contribution in [3.63, 3.8) is 0 Å². The van der Waals surface area contributed by atoms with Gasteiger partial charge in [-0.1, -0.05) is 6.07 Å². The number of rotatable bonds is 2. The van der Waals surface area contributed by atoms with Gasteiger partial charge in [-0.3, -0.25) is 10.4 Å². The average molecular weight is 248 g/mol. The Labute approximate surface area is 107 Å². The molecule has 0 bridgehead atoms. The maximum atomic E-state index is 5.27. The highest BCUT2D eigenvalue weighted by Crippen LogP contribution is 2.08. The fourth-order valence-electron chi connectivity index (χ4n) is 1.77. The van der Waals surface area contributed by atoms with E-state index in [2.05, 4.69) is 20.4 Å². The minimum Gasteiger partial charge on any atom is -0.348 e. The Bertz CT molecular complexity index is 385. The van der Waals surface area contributed by atoms with Gasteiger partial charge in [0.15, 0.2) is 5.11 Å². The van der Waals surface area contributed by atoms with Crippen molar-refractivity contribution in [2.45, 2.75) is 19.3 Å². The fourth-order valence-corrected chi connectivity index (χ4v) is 2.01. The SMILES string of the molecule is S=C(N/N=C/c1ccccn1)N1CCCCC1. The van der Waals surface area contributed by atoms with Crippen LogP contribution in [0.3, 0.4) is 0 Å². The number of hydrogen-bond acceptors (Lipinski definition) is 3. The Morgan fingerprint density at radius 3 is 2.88 bits per heavy atom. The monoisotopic (exact) mass is 248 g/mol. The number of piperidine rings is 1. The van der Waals surface area contributed by atoms with Crippen molar-refractivity contribution >= 4 is 23.5 Å². The smallest absolute Gasteiger partial charge is 0.189 e. The van der Waals surface area contributed by atoms with Crippen LogP contribution in [0, 0.1) is 0 Å². The summed E-state index contributed by atoms with van der Waals surface area (Å²) in [4.78, 5) is 6.30. The molecule has 0 saturated carbocycles. The molecule has 1 aliphatic rings. The molecule has 0 aromatic carbocycles. The Morgan fingerprint density at radius 1 is 1.35 bits per heavy atom. The third kappa shape index (κ3) is 3.78. The number of hydrazone groups is 1. The molecule has 1 aromatic heterocycles. The van der Waals surface area contributed by atoms with Gasteiger partial charge in [-0.05, 0) is 43.6 Å². The Hall–Kier alpha value is -1.49. The van der Waals surface area contributed by atoms with Gasteiger partial charge in [0, 0.05) is 19.3 Å². The van der Waals surface area contributed by atoms with Gasteiger partial charge >= 0.3 is 0 Å². The molecule has 0 spiro atoms. The van der Waals surface area contributed by atoms with E-state index in [1.54, 1.807) is 12.4 Å². The number of hydrogen-bond donors (Lipinski definition) is 1. The van der Waals surface area contributed by atoms with Gasteiger partial charge in [-0.25, -0.2) is 0 Å². The lowest BCUT2D eigenvalue weighted by molar-refractivity contribution is 0.338. The van der Waals surface area contributed by atoms with E-state index in [0.29, 0.717) is 5.11 Å². The summed E-state index contributed by atoms with van der Waals surface area (Å²) in [5, 5.41) is 4.80. The molecule has 5 heteroatoms. The molecule has 1 fully saturated rings. The quantitative estimate of drug-likeness (QED) is 0.492. The van der Waals surface area contributed by atoms with Gasteiger partial charge in [0.05, 0.1) is 11.9 Å². The molecule has 0 aliphatic carbocycles. The molecule has 1 N–H and O–H groups in total. The second-order valence-corrected chi connectivity index (χ2v) is 4.36. The third-order valence-corrected chi connectivity index (χ3v) is 3.04. The molecule has 1 saturated heterocycles. The highest BCUT2D eigenvalue weighted by molar-refractivity contribution is 7.80. The number of aromatic nitrogens is 1. The largest absolute Gasteiger partial charge is 0.348 e. The summed E-state index contributed by atoms with van der Waals surface area (Å²) in [7, 11) is 0. The maximum absolute atomic E-state index is 5.27. The minimum atomic E-state index is 0.705. The van der Waals surface area contributed by atoms with Crippen molar-refractivity contribution in [2.75, 3.05) is 13.1 Å².